The largest absolute Gasteiger partial charge is 0.367 e. The number of aromatic nitrogens is 3. The van der Waals surface area contributed by atoms with E-state index in [1.54, 1.807) is 6.07 Å². The topological polar surface area (TPSA) is 97.8 Å². The van der Waals surface area contributed by atoms with E-state index in [1.807, 2.05) is 0 Å². The van der Waals surface area contributed by atoms with Crippen molar-refractivity contribution in [1.82, 2.24) is 15.0 Å². The predicted octanol–water partition coefficient (Wildman–Crippen LogP) is 4.31. The van der Waals surface area contributed by atoms with Crippen LogP contribution in [0.15, 0.2) is 23.1 Å². The number of hydrogen-bond acceptors (Lipinski definition) is 6. The molecule has 2 aromatic rings. The molecule has 174 valence electrons. The number of nitrogens with one attached hydrogen (secondary N) is 3. The number of rotatable bonds is 5. The number of halogens is 3. The van der Waals surface area contributed by atoms with Crippen LogP contribution in [0, 0.1) is 11.2 Å². The number of nitrogens with zero attached hydrogens (tertiary/aromatic N) is 3. The summed E-state index contributed by atoms with van der Waals surface area (Å²) in [5, 5.41) is 11.1. The highest BCUT2D eigenvalue weighted by Crippen LogP contribution is 2.28. The molecule has 1 atom stereocenters. The Bertz CT molecular complexity index is 930. The monoisotopic (exact) mass is 450 g/mol. The van der Waals surface area contributed by atoms with E-state index >= 15 is 0 Å². The Hall–Kier alpha value is -2.91. The summed E-state index contributed by atoms with van der Waals surface area (Å²) in [6.45, 7) is -0.250. The molecule has 1 aliphatic heterocycles. The van der Waals surface area contributed by atoms with Gasteiger partial charge in [-0.15, -0.1) is 0 Å². The van der Waals surface area contributed by atoms with E-state index < -0.39 is 6.93 Å². The van der Waals surface area contributed by atoms with Crippen molar-refractivity contribution >= 4 is 17.9 Å². The maximum atomic E-state index is 13.2. The van der Waals surface area contributed by atoms with E-state index in [4.69, 9.17) is 10.4 Å². The third kappa shape index (κ3) is 6.08. The molecule has 4 rings (SSSR count). The van der Waals surface area contributed by atoms with Gasteiger partial charge in [-0.2, -0.15) is 0 Å². The zero-order valence-electron chi connectivity index (χ0n) is 17.9. The first-order chi connectivity index (χ1) is 15.5. The van der Waals surface area contributed by atoms with Gasteiger partial charge in [-0.3, -0.25) is 4.79 Å². The van der Waals surface area contributed by atoms with Crippen LogP contribution >= 0.6 is 0 Å². The lowest BCUT2D eigenvalue weighted by molar-refractivity contribution is 0.295. The van der Waals surface area contributed by atoms with E-state index in [9.17, 15) is 18.0 Å². The van der Waals surface area contributed by atoms with Crippen molar-refractivity contribution in [3.05, 3.63) is 45.9 Å². The highest BCUT2D eigenvalue weighted by Gasteiger charge is 2.26. The van der Waals surface area contributed by atoms with E-state index in [0.717, 1.165) is 44.3 Å². The van der Waals surface area contributed by atoms with Crippen molar-refractivity contribution in [1.29, 1.82) is 5.41 Å². The van der Waals surface area contributed by atoms with Gasteiger partial charge in [-0.05, 0) is 37.8 Å². The molecule has 10 heteroatoms. The van der Waals surface area contributed by atoms with Crippen molar-refractivity contribution in [2.75, 3.05) is 30.2 Å². The van der Waals surface area contributed by atoms with Crippen LogP contribution in [-0.4, -0.2) is 47.2 Å². The van der Waals surface area contributed by atoms with Crippen LogP contribution in [0.3, 0.4) is 0 Å². The fourth-order valence-electron chi connectivity index (χ4n) is 4.34. The van der Waals surface area contributed by atoms with E-state index in [-0.39, 0.29) is 22.9 Å². The smallest absolute Gasteiger partial charge is 0.261 e. The molecule has 3 N–H and O–H groups in total. The third-order valence-electron chi connectivity index (χ3n) is 5.91. The van der Waals surface area contributed by atoms with Crippen LogP contribution in [0.4, 0.5) is 24.8 Å². The Morgan fingerprint density at radius 1 is 1.19 bits per heavy atom. The first-order valence-corrected chi connectivity index (χ1v) is 10.9. The highest BCUT2D eigenvalue weighted by atomic mass is 19.3. The fourth-order valence-corrected chi connectivity index (χ4v) is 4.34. The average molecular weight is 451 g/mol. The van der Waals surface area contributed by atoms with E-state index in [1.165, 1.54) is 31.5 Å². The molecule has 1 saturated heterocycles. The number of H-pyrrole nitrogens is 1. The normalized spacial score (nSPS) is 19.1. The maximum Gasteiger partial charge on any atom is 0.261 e. The standard InChI is InChI=1S/C21H27FN6O.CH2F2/c22-15-8-9-18(24-12-15)28-10-4-5-14(13-28)19-26-20(17(11-23)21(29)27-19)25-16-6-2-1-3-7-16;2-1-3/h8-9,11-12,14,16,23H,1-7,10,13H2,(H2,25,26,27,29);1H2. The number of aromatic amines is 1. The van der Waals surface area contributed by atoms with Crippen molar-refractivity contribution in [2.24, 2.45) is 0 Å². The van der Waals surface area contributed by atoms with Gasteiger partial charge in [0.15, 0.2) is 0 Å². The zero-order chi connectivity index (χ0) is 22.9. The summed E-state index contributed by atoms with van der Waals surface area (Å²) in [7, 11) is 0. The van der Waals surface area contributed by atoms with E-state index in [0.29, 0.717) is 24.2 Å². The van der Waals surface area contributed by atoms with Crippen molar-refractivity contribution in [3.63, 3.8) is 0 Å². The van der Waals surface area contributed by atoms with Crippen LogP contribution in [0.5, 0.6) is 0 Å². The molecule has 7 nitrogen and oxygen atoms in total. The Morgan fingerprint density at radius 3 is 2.59 bits per heavy atom. The number of pyridine rings is 1. The molecule has 0 aromatic carbocycles. The second-order valence-electron chi connectivity index (χ2n) is 8.06. The molecule has 0 amide bonds. The molecule has 1 unspecified atom stereocenters. The summed E-state index contributed by atoms with van der Waals surface area (Å²) in [5.74, 6) is 1.59. The van der Waals surface area contributed by atoms with Gasteiger partial charge in [-0.25, -0.2) is 23.1 Å². The summed E-state index contributed by atoms with van der Waals surface area (Å²) in [4.78, 5) is 26.5. The van der Waals surface area contributed by atoms with Crippen molar-refractivity contribution < 1.29 is 13.2 Å². The molecule has 2 aliphatic rings. The van der Waals surface area contributed by atoms with Gasteiger partial charge in [-0.1, -0.05) is 19.3 Å². The molecule has 0 radical (unpaired) electrons. The summed E-state index contributed by atoms with van der Waals surface area (Å²) in [6.07, 6.45) is 9.88. The summed E-state index contributed by atoms with van der Waals surface area (Å²) in [6, 6.07) is 3.40. The average Bonchev–Trinajstić information content (AvgIpc) is 2.81. The van der Waals surface area contributed by atoms with Gasteiger partial charge in [0.1, 0.15) is 23.3 Å². The molecular formula is C22H29F3N6O. The number of hydrogen-bond donors (Lipinski definition) is 3. The molecule has 2 fully saturated rings. The Kier molecular flexibility index (Phi) is 8.64. The van der Waals surface area contributed by atoms with Gasteiger partial charge in [0.2, 0.25) is 6.93 Å². The molecular weight excluding hydrogens is 421 g/mol. The van der Waals surface area contributed by atoms with Crippen molar-refractivity contribution in [3.8, 4) is 0 Å². The van der Waals surface area contributed by atoms with Crippen LogP contribution in [0.2, 0.25) is 0 Å². The number of anilines is 2. The predicted molar refractivity (Wildman–Crippen MR) is 119 cm³/mol. The summed E-state index contributed by atoms with van der Waals surface area (Å²) < 4.78 is 32.4. The van der Waals surface area contributed by atoms with E-state index in [2.05, 4.69) is 20.2 Å². The van der Waals surface area contributed by atoms with Crippen LogP contribution < -0.4 is 15.8 Å². The molecule has 2 aromatic heterocycles. The lowest BCUT2D eigenvalue weighted by atomic mass is 9.95. The zero-order valence-corrected chi connectivity index (χ0v) is 17.9. The number of piperidine rings is 1. The van der Waals surface area contributed by atoms with Crippen LogP contribution in [0.1, 0.15) is 62.3 Å². The Morgan fingerprint density at radius 2 is 1.94 bits per heavy atom. The summed E-state index contributed by atoms with van der Waals surface area (Å²) >= 11 is 0. The second kappa shape index (κ2) is 11.6. The molecule has 1 aliphatic carbocycles. The first kappa shape index (κ1) is 23.7. The highest BCUT2D eigenvalue weighted by molar-refractivity contribution is 5.83. The van der Waals surface area contributed by atoms with Crippen LogP contribution in [0.25, 0.3) is 0 Å². The molecule has 1 saturated carbocycles. The van der Waals surface area contributed by atoms with Gasteiger partial charge < -0.3 is 20.6 Å². The third-order valence-corrected chi connectivity index (χ3v) is 5.91. The molecule has 32 heavy (non-hydrogen) atoms. The number of alkyl halides is 2. The lowest BCUT2D eigenvalue weighted by Crippen LogP contribution is -2.36. The molecule has 0 spiro atoms. The Labute approximate surface area is 185 Å². The lowest BCUT2D eigenvalue weighted by Gasteiger charge is -2.33. The van der Waals surface area contributed by atoms with Gasteiger partial charge in [0.25, 0.3) is 5.56 Å². The van der Waals surface area contributed by atoms with Gasteiger partial charge in [0.05, 0.1) is 11.8 Å². The minimum atomic E-state index is -1.75. The van der Waals surface area contributed by atoms with Crippen LogP contribution in [-0.2, 0) is 0 Å². The summed E-state index contributed by atoms with van der Waals surface area (Å²) in [5.41, 5.74) is 0.00697. The van der Waals surface area contributed by atoms with Gasteiger partial charge in [0, 0.05) is 31.3 Å². The maximum absolute atomic E-state index is 13.2. The SMILES string of the molecule is FCF.N=Cc1c(NC2CCCCC2)nc(C2CCCN(c3ccc(F)cn3)C2)[nH]c1=O. The minimum absolute atomic E-state index is 0.0509. The van der Waals surface area contributed by atoms with Crippen molar-refractivity contribution in [2.45, 2.75) is 56.9 Å². The minimum Gasteiger partial charge on any atom is -0.367 e. The quantitative estimate of drug-likeness (QED) is 0.590. The molecule has 3 heterocycles. The fraction of sp³-hybridized carbons (Fsp3) is 0.545. The molecule has 0 bridgehead atoms. The second-order valence-corrected chi connectivity index (χ2v) is 8.06. The first-order valence-electron chi connectivity index (χ1n) is 10.9. The Balaban J connectivity index is 0.000000913. The van der Waals surface area contributed by atoms with Gasteiger partial charge >= 0.3 is 0 Å².